The van der Waals surface area contributed by atoms with Crippen LogP contribution in [-0.2, 0) is 19.0 Å². The zero-order chi connectivity index (χ0) is 11.7. The minimum absolute atomic E-state index is 0.0177. The van der Waals surface area contributed by atoms with Crippen LogP contribution < -0.4 is 0 Å². The summed E-state index contributed by atoms with van der Waals surface area (Å²) in [5.74, 6) is -1.77. The summed E-state index contributed by atoms with van der Waals surface area (Å²) in [5, 5.41) is 0. The lowest BCUT2D eigenvalue weighted by Gasteiger charge is -2.30. The third kappa shape index (κ3) is 2.93. The SMILES string of the molecule is CC1(OS(=O)(=O)C(F)(F)F)CC=CCO1. The summed E-state index contributed by atoms with van der Waals surface area (Å²) >= 11 is 0. The van der Waals surface area contributed by atoms with E-state index >= 15 is 0 Å². The van der Waals surface area contributed by atoms with Crippen LogP contribution in [0.4, 0.5) is 13.2 Å². The second kappa shape index (κ2) is 3.76. The predicted molar refractivity (Wildman–Crippen MR) is 44.2 cm³/mol. The Morgan fingerprint density at radius 1 is 1.40 bits per heavy atom. The Morgan fingerprint density at radius 2 is 2.00 bits per heavy atom. The largest absolute Gasteiger partial charge is 0.523 e. The number of rotatable bonds is 2. The summed E-state index contributed by atoms with van der Waals surface area (Å²) in [5.41, 5.74) is -5.43. The van der Waals surface area contributed by atoms with E-state index in [1.54, 1.807) is 6.08 Å². The molecule has 0 aromatic heterocycles. The molecule has 1 unspecified atom stereocenters. The molecule has 0 N–H and O–H groups in total. The summed E-state index contributed by atoms with van der Waals surface area (Å²) in [6, 6.07) is 0. The average molecular weight is 246 g/mol. The quantitative estimate of drug-likeness (QED) is 0.421. The Bertz CT molecular complexity index is 359. The smallest absolute Gasteiger partial charge is 0.345 e. The van der Waals surface area contributed by atoms with Crippen LogP contribution in [0, 0.1) is 0 Å². The zero-order valence-electron chi connectivity index (χ0n) is 7.74. The van der Waals surface area contributed by atoms with Crippen molar-refractivity contribution < 1.29 is 30.5 Å². The molecule has 0 bridgehead atoms. The van der Waals surface area contributed by atoms with Gasteiger partial charge in [-0.1, -0.05) is 12.2 Å². The Balaban J connectivity index is 2.82. The Labute approximate surface area is 84.8 Å². The molecule has 0 fully saturated rings. The molecule has 1 aliphatic heterocycles. The van der Waals surface area contributed by atoms with Crippen LogP contribution in [0.1, 0.15) is 13.3 Å². The van der Waals surface area contributed by atoms with E-state index in [4.69, 9.17) is 4.74 Å². The fourth-order valence-electron chi connectivity index (χ4n) is 0.986. The molecule has 8 heteroatoms. The molecule has 1 atom stereocenters. The van der Waals surface area contributed by atoms with Crippen molar-refractivity contribution in [3.8, 4) is 0 Å². The molecule has 0 aromatic rings. The van der Waals surface area contributed by atoms with Crippen LogP contribution >= 0.6 is 0 Å². The van der Waals surface area contributed by atoms with Gasteiger partial charge in [0.05, 0.1) is 6.61 Å². The van der Waals surface area contributed by atoms with Gasteiger partial charge in [0.15, 0.2) is 5.79 Å². The van der Waals surface area contributed by atoms with Crippen LogP contribution in [-0.4, -0.2) is 26.3 Å². The molecular weight excluding hydrogens is 237 g/mol. The minimum Gasteiger partial charge on any atom is -0.345 e. The highest BCUT2D eigenvalue weighted by Gasteiger charge is 2.51. The first-order valence-electron chi connectivity index (χ1n) is 3.97. The van der Waals surface area contributed by atoms with Gasteiger partial charge in [0.1, 0.15) is 0 Å². The molecule has 1 aliphatic rings. The summed E-state index contributed by atoms with van der Waals surface area (Å²) < 4.78 is 66.1. The molecule has 1 rings (SSSR count). The van der Waals surface area contributed by atoms with Crippen molar-refractivity contribution in [1.82, 2.24) is 0 Å². The van der Waals surface area contributed by atoms with Gasteiger partial charge in [-0.25, -0.2) is 4.18 Å². The first-order chi connectivity index (χ1) is 6.66. The summed E-state index contributed by atoms with van der Waals surface area (Å²) in [7, 11) is -5.61. The predicted octanol–water partition coefficient (Wildman–Crippen LogP) is 1.55. The van der Waals surface area contributed by atoms with E-state index in [-0.39, 0.29) is 13.0 Å². The van der Waals surface area contributed by atoms with Crippen LogP contribution in [0.15, 0.2) is 12.2 Å². The van der Waals surface area contributed by atoms with Gasteiger partial charge in [-0.05, 0) is 6.92 Å². The highest BCUT2D eigenvalue weighted by atomic mass is 32.2. The van der Waals surface area contributed by atoms with Crippen LogP contribution in [0.5, 0.6) is 0 Å². The number of alkyl halides is 3. The van der Waals surface area contributed by atoms with Crippen molar-refractivity contribution in [2.45, 2.75) is 24.6 Å². The van der Waals surface area contributed by atoms with E-state index in [0.717, 1.165) is 6.92 Å². The normalized spacial score (nSPS) is 28.0. The van der Waals surface area contributed by atoms with Crippen LogP contribution in [0.3, 0.4) is 0 Å². The molecule has 1 heterocycles. The molecule has 0 saturated heterocycles. The lowest BCUT2D eigenvalue weighted by Crippen LogP contribution is -2.40. The molecule has 0 aromatic carbocycles. The third-order valence-electron chi connectivity index (χ3n) is 1.71. The van der Waals surface area contributed by atoms with E-state index in [9.17, 15) is 21.6 Å². The maximum Gasteiger partial charge on any atom is 0.523 e. The van der Waals surface area contributed by atoms with Gasteiger partial charge in [-0.3, -0.25) is 0 Å². The molecule has 0 amide bonds. The molecule has 15 heavy (non-hydrogen) atoms. The number of hydrogen-bond donors (Lipinski definition) is 0. The van der Waals surface area contributed by atoms with Crippen molar-refractivity contribution in [3.05, 3.63) is 12.2 Å². The van der Waals surface area contributed by atoms with Gasteiger partial charge < -0.3 is 4.74 Å². The van der Waals surface area contributed by atoms with E-state index in [1.165, 1.54) is 6.08 Å². The van der Waals surface area contributed by atoms with Crippen molar-refractivity contribution >= 4 is 10.1 Å². The van der Waals surface area contributed by atoms with Gasteiger partial charge in [0, 0.05) is 6.42 Å². The fourth-order valence-corrected chi connectivity index (χ4v) is 1.66. The van der Waals surface area contributed by atoms with E-state index in [1.807, 2.05) is 0 Å². The highest BCUT2D eigenvalue weighted by molar-refractivity contribution is 7.87. The Hall–Kier alpha value is -0.600. The number of halogens is 3. The molecule has 4 nitrogen and oxygen atoms in total. The first-order valence-corrected chi connectivity index (χ1v) is 5.38. The monoisotopic (exact) mass is 246 g/mol. The van der Waals surface area contributed by atoms with Gasteiger partial charge in [0.2, 0.25) is 0 Å². The van der Waals surface area contributed by atoms with E-state index in [0.29, 0.717) is 0 Å². The molecule has 0 aliphatic carbocycles. The maximum absolute atomic E-state index is 12.0. The fraction of sp³-hybridized carbons (Fsp3) is 0.714. The first kappa shape index (κ1) is 12.5. The standard InChI is InChI=1S/C7H9F3O4S/c1-6(4-2-3-5-13-6)14-15(11,12)7(8,9)10/h2-3H,4-5H2,1H3. The van der Waals surface area contributed by atoms with Crippen LogP contribution in [0.25, 0.3) is 0 Å². The third-order valence-corrected chi connectivity index (χ3v) is 2.85. The van der Waals surface area contributed by atoms with Crippen LogP contribution in [0.2, 0.25) is 0 Å². The number of hydrogen-bond acceptors (Lipinski definition) is 4. The number of ether oxygens (including phenoxy) is 1. The van der Waals surface area contributed by atoms with E-state index in [2.05, 4.69) is 4.18 Å². The van der Waals surface area contributed by atoms with Crippen molar-refractivity contribution in [1.29, 1.82) is 0 Å². The van der Waals surface area contributed by atoms with Gasteiger partial charge in [0.25, 0.3) is 0 Å². The van der Waals surface area contributed by atoms with Crippen molar-refractivity contribution in [3.63, 3.8) is 0 Å². The second-order valence-corrected chi connectivity index (χ2v) is 4.64. The van der Waals surface area contributed by atoms with Crippen molar-refractivity contribution in [2.75, 3.05) is 6.61 Å². The average Bonchev–Trinajstić information content (AvgIpc) is 2.00. The maximum atomic E-state index is 12.0. The topological polar surface area (TPSA) is 52.6 Å². The molecule has 88 valence electrons. The minimum atomic E-state index is -5.61. The Morgan fingerprint density at radius 3 is 2.40 bits per heavy atom. The zero-order valence-corrected chi connectivity index (χ0v) is 8.56. The molecular formula is C7H9F3O4S. The summed E-state index contributed by atoms with van der Waals surface area (Å²) in [6.45, 7) is 1.16. The van der Waals surface area contributed by atoms with E-state index < -0.39 is 21.4 Å². The van der Waals surface area contributed by atoms with Gasteiger partial charge >= 0.3 is 15.6 Å². The molecule has 0 saturated carbocycles. The second-order valence-electron chi connectivity index (χ2n) is 3.10. The molecule has 0 spiro atoms. The Kier molecular flexibility index (Phi) is 3.13. The summed E-state index contributed by atoms with van der Waals surface area (Å²) in [4.78, 5) is 0. The lowest BCUT2D eigenvalue weighted by molar-refractivity contribution is -0.172. The van der Waals surface area contributed by atoms with Gasteiger partial charge in [-0.15, -0.1) is 0 Å². The highest BCUT2D eigenvalue weighted by Crippen LogP contribution is 2.32. The van der Waals surface area contributed by atoms with Gasteiger partial charge in [-0.2, -0.15) is 21.6 Å². The summed E-state index contributed by atoms with van der Waals surface area (Å²) in [6.07, 6.45) is 3.00. The lowest BCUT2D eigenvalue weighted by atomic mass is 10.2. The van der Waals surface area contributed by atoms with Crippen molar-refractivity contribution in [2.24, 2.45) is 0 Å². The molecule has 0 radical (unpaired) electrons.